The molecule has 2 aromatic carbocycles. The summed E-state index contributed by atoms with van der Waals surface area (Å²) in [7, 11) is 0. The molecule has 24 heavy (non-hydrogen) atoms. The van der Waals surface area contributed by atoms with Crippen molar-refractivity contribution in [2.75, 3.05) is 18.0 Å². The molecule has 0 unspecified atom stereocenters. The van der Waals surface area contributed by atoms with Crippen LogP contribution < -0.4 is 4.90 Å². The molecule has 0 amide bonds. The summed E-state index contributed by atoms with van der Waals surface area (Å²) in [5.41, 5.74) is 10.9. The van der Waals surface area contributed by atoms with E-state index in [2.05, 4.69) is 82.2 Å². The van der Waals surface area contributed by atoms with Crippen molar-refractivity contribution in [1.29, 1.82) is 0 Å². The molecule has 1 aliphatic rings. The second kappa shape index (κ2) is 6.08. The first-order valence-electron chi connectivity index (χ1n) is 8.84. The first kappa shape index (κ1) is 16.8. The van der Waals surface area contributed by atoms with Gasteiger partial charge in [0.2, 0.25) is 0 Å². The van der Waals surface area contributed by atoms with E-state index in [-0.39, 0.29) is 0 Å². The van der Waals surface area contributed by atoms with Crippen LogP contribution in [-0.4, -0.2) is 23.5 Å². The third-order valence-electron chi connectivity index (χ3n) is 5.14. The molecular weight excluding hydrogens is 292 g/mol. The molecule has 0 radical (unpaired) electrons. The van der Waals surface area contributed by atoms with Crippen molar-refractivity contribution in [3.63, 3.8) is 0 Å². The molecule has 2 heteroatoms. The van der Waals surface area contributed by atoms with Crippen molar-refractivity contribution in [2.24, 2.45) is 0 Å². The predicted molar refractivity (Wildman–Crippen MR) is 104 cm³/mol. The highest BCUT2D eigenvalue weighted by molar-refractivity contribution is 5.96. The number of hydrogen-bond donors (Lipinski definition) is 0. The van der Waals surface area contributed by atoms with Gasteiger partial charge in [-0.05, 0) is 63.8 Å². The standard InChI is InChI=1S/C22H29N2/c1-14-10-16(3)21(17(4)11-14)23-8-9-24(20(23)7)22-18(5)12-15(2)13-19(22)6/h10-13H,8-9H2,1-7H3/q+1. The van der Waals surface area contributed by atoms with Crippen molar-refractivity contribution >= 4 is 17.2 Å². The first-order chi connectivity index (χ1) is 11.3. The van der Waals surface area contributed by atoms with Crippen molar-refractivity contribution < 1.29 is 4.58 Å². The highest BCUT2D eigenvalue weighted by atomic mass is 15.3. The number of aryl methyl sites for hydroxylation is 6. The molecule has 0 spiro atoms. The lowest BCUT2D eigenvalue weighted by Crippen LogP contribution is -2.27. The minimum atomic E-state index is 1.04. The fourth-order valence-corrected chi connectivity index (χ4v) is 4.41. The molecule has 0 fully saturated rings. The Bertz CT molecular complexity index is 797. The summed E-state index contributed by atoms with van der Waals surface area (Å²) < 4.78 is 2.49. The van der Waals surface area contributed by atoms with E-state index in [0.29, 0.717) is 0 Å². The molecule has 0 aliphatic carbocycles. The number of rotatable bonds is 2. The SMILES string of the molecule is CC1=[N+](c2c(C)cc(C)cc2C)CCN1c1c(C)cc(C)cc1C. The molecule has 0 N–H and O–H groups in total. The van der Waals surface area contributed by atoms with Crippen LogP contribution in [0, 0.1) is 41.5 Å². The van der Waals surface area contributed by atoms with E-state index in [9.17, 15) is 0 Å². The summed E-state index contributed by atoms with van der Waals surface area (Å²) in [6.45, 7) is 17.6. The third-order valence-corrected chi connectivity index (χ3v) is 5.14. The topological polar surface area (TPSA) is 6.25 Å². The van der Waals surface area contributed by atoms with Crippen molar-refractivity contribution in [1.82, 2.24) is 0 Å². The number of anilines is 1. The highest BCUT2D eigenvalue weighted by Crippen LogP contribution is 2.32. The van der Waals surface area contributed by atoms with Gasteiger partial charge >= 0.3 is 0 Å². The minimum Gasteiger partial charge on any atom is -0.227 e. The molecule has 1 heterocycles. The zero-order valence-electron chi connectivity index (χ0n) is 16.1. The molecule has 3 rings (SSSR count). The summed E-state index contributed by atoms with van der Waals surface area (Å²) in [5.74, 6) is 1.33. The maximum Gasteiger partial charge on any atom is 0.254 e. The average molecular weight is 321 g/mol. The van der Waals surface area contributed by atoms with Crippen LogP contribution in [0.1, 0.15) is 40.3 Å². The van der Waals surface area contributed by atoms with E-state index in [1.807, 2.05) is 0 Å². The maximum atomic E-state index is 2.49. The van der Waals surface area contributed by atoms with Gasteiger partial charge in [-0.2, -0.15) is 0 Å². The Kier molecular flexibility index (Phi) is 4.25. The van der Waals surface area contributed by atoms with Gasteiger partial charge in [0.15, 0.2) is 0 Å². The molecule has 0 aromatic heterocycles. The van der Waals surface area contributed by atoms with Crippen LogP contribution in [0.4, 0.5) is 11.4 Å². The Morgan fingerprint density at radius 3 is 1.67 bits per heavy atom. The lowest BCUT2D eigenvalue weighted by molar-refractivity contribution is -0.430. The van der Waals surface area contributed by atoms with Crippen LogP contribution in [0.5, 0.6) is 0 Å². The molecular formula is C22H29N2+. The van der Waals surface area contributed by atoms with E-state index in [0.717, 1.165) is 13.1 Å². The summed E-state index contributed by atoms with van der Waals surface area (Å²) in [4.78, 5) is 2.49. The molecule has 0 bridgehead atoms. The predicted octanol–water partition coefficient (Wildman–Crippen LogP) is 5.12. The lowest BCUT2D eigenvalue weighted by atomic mass is 10.0. The fraction of sp³-hybridized carbons (Fsp3) is 0.409. The molecule has 0 saturated heterocycles. The molecule has 126 valence electrons. The monoisotopic (exact) mass is 321 g/mol. The molecule has 0 atom stereocenters. The van der Waals surface area contributed by atoms with Crippen molar-refractivity contribution in [3.05, 3.63) is 57.6 Å². The van der Waals surface area contributed by atoms with Gasteiger partial charge in [0.1, 0.15) is 24.5 Å². The van der Waals surface area contributed by atoms with E-state index < -0.39 is 0 Å². The van der Waals surface area contributed by atoms with Crippen LogP contribution in [0.25, 0.3) is 0 Å². The van der Waals surface area contributed by atoms with E-state index in [1.54, 1.807) is 0 Å². The first-order valence-corrected chi connectivity index (χ1v) is 8.84. The fourth-order valence-electron chi connectivity index (χ4n) is 4.41. The average Bonchev–Trinajstić information content (AvgIpc) is 2.79. The smallest absolute Gasteiger partial charge is 0.227 e. The van der Waals surface area contributed by atoms with E-state index in [1.165, 1.54) is 50.6 Å². The van der Waals surface area contributed by atoms with Gasteiger partial charge in [-0.1, -0.05) is 35.4 Å². The quantitative estimate of drug-likeness (QED) is 0.696. The Morgan fingerprint density at radius 1 is 0.708 bits per heavy atom. The largest absolute Gasteiger partial charge is 0.254 e. The van der Waals surface area contributed by atoms with E-state index in [4.69, 9.17) is 0 Å². The minimum absolute atomic E-state index is 1.04. The van der Waals surface area contributed by atoms with E-state index >= 15 is 0 Å². The van der Waals surface area contributed by atoms with Gasteiger partial charge in [0.25, 0.3) is 5.84 Å². The third kappa shape index (κ3) is 2.75. The zero-order valence-corrected chi connectivity index (χ0v) is 16.1. The maximum absolute atomic E-state index is 2.49. The number of amidine groups is 1. The van der Waals surface area contributed by atoms with Crippen LogP contribution in [0.2, 0.25) is 0 Å². The highest BCUT2D eigenvalue weighted by Gasteiger charge is 2.32. The van der Waals surface area contributed by atoms with Gasteiger partial charge in [-0.25, -0.2) is 9.48 Å². The van der Waals surface area contributed by atoms with Gasteiger partial charge in [-0.15, -0.1) is 0 Å². The molecule has 2 aromatic rings. The Morgan fingerprint density at radius 2 is 1.17 bits per heavy atom. The zero-order chi connectivity index (χ0) is 17.6. The van der Waals surface area contributed by atoms with Crippen LogP contribution in [0.3, 0.4) is 0 Å². The second-order valence-electron chi connectivity index (χ2n) is 7.35. The summed E-state index contributed by atoms with van der Waals surface area (Å²) >= 11 is 0. The Hall–Kier alpha value is -2.09. The normalized spacial score (nSPS) is 14.7. The van der Waals surface area contributed by atoms with Gasteiger partial charge in [0.05, 0.1) is 0 Å². The Labute approximate surface area is 146 Å². The van der Waals surface area contributed by atoms with Gasteiger partial charge in [0, 0.05) is 6.92 Å². The second-order valence-corrected chi connectivity index (χ2v) is 7.35. The van der Waals surface area contributed by atoms with Crippen molar-refractivity contribution in [2.45, 2.75) is 48.5 Å². The van der Waals surface area contributed by atoms with Crippen LogP contribution in [-0.2, 0) is 0 Å². The number of hydrogen-bond acceptors (Lipinski definition) is 1. The van der Waals surface area contributed by atoms with Crippen molar-refractivity contribution in [3.8, 4) is 0 Å². The van der Waals surface area contributed by atoms with Gasteiger partial charge in [-0.3, -0.25) is 0 Å². The molecule has 0 saturated carbocycles. The number of nitrogens with zero attached hydrogens (tertiary/aromatic N) is 2. The summed E-state index contributed by atoms with van der Waals surface area (Å²) in [6, 6.07) is 9.17. The molecule has 2 nitrogen and oxygen atoms in total. The summed E-state index contributed by atoms with van der Waals surface area (Å²) in [6.07, 6.45) is 0. The molecule has 1 aliphatic heterocycles. The van der Waals surface area contributed by atoms with Crippen LogP contribution >= 0.6 is 0 Å². The van der Waals surface area contributed by atoms with Crippen LogP contribution in [0.15, 0.2) is 24.3 Å². The van der Waals surface area contributed by atoms with Gasteiger partial charge < -0.3 is 0 Å². The number of benzene rings is 2. The lowest BCUT2D eigenvalue weighted by Gasteiger charge is -2.17. The Balaban J connectivity index is 2.12. The summed E-state index contributed by atoms with van der Waals surface area (Å²) in [5, 5.41) is 0.